The fraction of sp³-hybridized carbons (Fsp3) is 0.292. The van der Waals surface area contributed by atoms with Crippen LogP contribution in [0.5, 0.6) is 5.75 Å². The first-order chi connectivity index (χ1) is 16.8. The normalized spacial score (nSPS) is 17.4. The molecule has 3 aromatic rings. The average molecular weight is 503 g/mol. The summed E-state index contributed by atoms with van der Waals surface area (Å²) in [7, 11) is 0. The first-order valence-corrected chi connectivity index (χ1v) is 11.4. The van der Waals surface area contributed by atoms with Gasteiger partial charge >= 0.3 is 5.69 Å². The van der Waals surface area contributed by atoms with Gasteiger partial charge in [0.15, 0.2) is 5.75 Å². The number of aromatic nitrogens is 2. The summed E-state index contributed by atoms with van der Waals surface area (Å²) >= 11 is 6.59. The topological polar surface area (TPSA) is 87.9 Å². The zero-order valence-corrected chi connectivity index (χ0v) is 19.3. The van der Waals surface area contributed by atoms with Crippen molar-refractivity contribution >= 4 is 34.2 Å². The van der Waals surface area contributed by atoms with Gasteiger partial charge in [-0.25, -0.2) is 13.6 Å². The van der Waals surface area contributed by atoms with Crippen LogP contribution in [0, 0.1) is 11.6 Å². The Balaban J connectivity index is 1.74. The zero-order valence-electron chi connectivity index (χ0n) is 18.5. The smallest absolute Gasteiger partial charge is 0.350 e. The van der Waals surface area contributed by atoms with E-state index in [1.807, 2.05) is 4.90 Å². The van der Waals surface area contributed by atoms with Crippen molar-refractivity contribution in [2.24, 2.45) is 0 Å². The van der Waals surface area contributed by atoms with Crippen molar-refractivity contribution in [1.82, 2.24) is 14.5 Å². The van der Waals surface area contributed by atoms with Crippen molar-refractivity contribution in [2.75, 3.05) is 44.3 Å². The quantitative estimate of drug-likeness (QED) is 0.552. The maximum atomic E-state index is 14.8. The number of halogens is 3. The molecule has 2 aliphatic heterocycles. The molecule has 3 heterocycles. The van der Waals surface area contributed by atoms with E-state index < -0.39 is 30.0 Å². The van der Waals surface area contributed by atoms with Crippen LogP contribution in [-0.4, -0.2) is 64.9 Å². The highest BCUT2D eigenvalue weighted by Gasteiger charge is 2.33. The number of aliphatic hydroxyl groups is 1. The number of hydrogen-bond acceptors (Lipinski definition) is 6. The third-order valence-electron chi connectivity index (χ3n) is 6.37. The molecule has 0 aliphatic carbocycles. The van der Waals surface area contributed by atoms with Crippen LogP contribution in [0.4, 0.5) is 14.6 Å². The number of rotatable bonds is 4. The Morgan fingerprint density at radius 2 is 1.91 bits per heavy atom. The van der Waals surface area contributed by atoms with Gasteiger partial charge in [0, 0.05) is 31.6 Å². The molecule has 0 spiro atoms. The molecule has 2 aromatic carbocycles. The van der Waals surface area contributed by atoms with E-state index in [9.17, 15) is 23.5 Å². The fourth-order valence-electron chi connectivity index (χ4n) is 4.67. The van der Waals surface area contributed by atoms with Crippen molar-refractivity contribution in [3.63, 3.8) is 0 Å². The SMILES string of the molecule is C=CC(=O)N1CCN(c2nc(=O)n3c4c(c(-c5c(F)cccc5F)c(Cl)cc24)OC[C@H]3CO)CC1. The van der Waals surface area contributed by atoms with E-state index >= 15 is 0 Å². The maximum Gasteiger partial charge on any atom is 0.350 e. The minimum absolute atomic E-state index is 0.0159. The summed E-state index contributed by atoms with van der Waals surface area (Å²) in [5, 5.41) is 10.3. The van der Waals surface area contributed by atoms with Crippen LogP contribution >= 0.6 is 11.6 Å². The van der Waals surface area contributed by atoms with Gasteiger partial charge in [-0.1, -0.05) is 24.2 Å². The van der Waals surface area contributed by atoms with Gasteiger partial charge in [-0.15, -0.1) is 0 Å². The molecule has 0 saturated carbocycles. The van der Waals surface area contributed by atoms with Crippen molar-refractivity contribution in [3.8, 4) is 16.9 Å². The predicted octanol–water partition coefficient (Wildman–Crippen LogP) is 2.76. The number of aliphatic hydroxyl groups excluding tert-OH is 1. The lowest BCUT2D eigenvalue weighted by Crippen LogP contribution is -2.49. The Hall–Kier alpha value is -3.50. The lowest BCUT2D eigenvalue weighted by molar-refractivity contribution is -0.126. The second-order valence-electron chi connectivity index (χ2n) is 8.31. The Morgan fingerprint density at radius 1 is 1.23 bits per heavy atom. The van der Waals surface area contributed by atoms with Crippen LogP contribution < -0.4 is 15.3 Å². The molecule has 0 bridgehead atoms. The molecule has 5 rings (SSSR count). The van der Waals surface area contributed by atoms with Crippen LogP contribution in [0.2, 0.25) is 5.02 Å². The summed E-state index contributed by atoms with van der Waals surface area (Å²) in [6, 6.07) is 4.23. The molecule has 2 aliphatic rings. The molecule has 11 heteroatoms. The van der Waals surface area contributed by atoms with Gasteiger partial charge in [0.1, 0.15) is 24.1 Å². The second-order valence-corrected chi connectivity index (χ2v) is 8.71. The monoisotopic (exact) mass is 502 g/mol. The highest BCUT2D eigenvalue weighted by molar-refractivity contribution is 6.35. The van der Waals surface area contributed by atoms with E-state index in [0.29, 0.717) is 37.4 Å². The molecular weight excluding hydrogens is 482 g/mol. The molecule has 1 saturated heterocycles. The Kier molecular flexibility index (Phi) is 5.94. The van der Waals surface area contributed by atoms with Crippen LogP contribution in [-0.2, 0) is 4.79 Å². The van der Waals surface area contributed by atoms with Crippen molar-refractivity contribution in [3.05, 3.63) is 64.1 Å². The number of benzene rings is 2. The number of piperazine rings is 1. The first-order valence-electron chi connectivity index (χ1n) is 11.0. The van der Waals surface area contributed by atoms with Gasteiger partial charge in [0.05, 0.1) is 34.3 Å². The number of nitrogens with zero attached hydrogens (tertiary/aromatic N) is 4. The average Bonchev–Trinajstić information content (AvgIpc) is 2.86. The number of carbonyl (C=O) groups excluding carboxylic acids is 1. The molecule has 1 fully saturated rings. The minimum Gasteiger partial charge on any atom is -0.488 e. The molecule has 0 unspecified atom stereocenters. The second kappa shape index (κ2) is 8.94. The standard InChI is InChI=1S/C24H21ClF2N4O4/c1-2-18(33)29-6-8-30(9-7-29)23-14-10-15(25)19(20-16(26)4-3-5-17(20)27)22-21(14)31(24(34)28-23)13(11-32)12-35-22/h2-5,10,13,32H,1,6-9,11-12H2/t13-/m1/s1. The van der Waals surface area contributed by atoms with Crippen molar-refractivity contribution in [1.29, 1.82) is 0 Å². The van der Waals surface area contributed by atoms with E-state index in [2.05, 4.69) is 11.6 Å². The molecule has 182 valence electrons. The van der Waals surface area contributed by atoms with Gasteiger partial charge in [0.2, 0.25) is 5.91 Å². The van der Waals surface area contributed by atoms with E-state index in [4.69, 9.17) is 16.3 Å². The summed E-state index contributed by atoms with van der Waals surface area (Å²) in [6.45, 7) is 4.58. The van der Waals surface area contributed by atoms with Crippen LogP contribution in [0.3, 0.4) is 0 Å². The summed E-state index contributed by atoms with van der Waals surface area (Å²) in [5.74, 6) is -1.49. The fourth-order valence-corrected chi connectivity index (χ4v) is 4.96. The Bertz CT molecular complexity index is 1400. The summed E-state index contributed by atoms with van der Waals surface area (Å²) in [5.41, 5.74) is -0.774. The van der Waals surface area contributed by atoms with Gasteiger partial charge < -0.3 is 19.6 Å². The number of anilines is 1. The first kappa shape index (κ1) is 23.3. The van der Waals surface area contributed by atoms with E-state index in [-0.39, 0.29) is 39.9 Å². The lowest BCUT2D eigenvalue weighted by Gasteiger charge is -2.36. The molecule has 1 aromatic heterocycles. The summed E-state index contributed by atoms with van der Waals surface area (Å²) in [4.78, 5) is 32.9. The molecule has 1 N–H and O–H groups in total. The highest BCUT2D eigenvalue weighted by atomic mass is 35.5. The molecule has 0 radical (unpaired) electrons. The van der Waals surface area contributed by atoms with Crippen LogP contribution in [0.1, 0.15) is 6.04 Å². The molecule has 35 heavy (non-hydrogen) atoms. The lowest BCUT2D eigenvalue weighted by atomic mass is 9.99. The van der Waals surface area contributed by atoms with E-state index in [1.54, 1.807) is 4.90 Å². The van der Waals surface area contributed by atoms with Crippen molar-refractivity contribution in [2.45, 2.75) is 6.04 Å². The number of carbonyl (C=O) groups is 1. The largest absolute Gasteiger partial charge is 0.488 e. The van der Waals surface area contributed by atoms with E-state index in [0.717, 1.165) is 12.1 Å². The molecular formula is C24H21ClF2N4O4. The summed E-state index contributed by atoms with van der Waals surface area (Å²) < 4.78 is 36.7. The van der Waals surface area contributed by atoms with Gasteiger partial charge in [-0.3, -0.25) is 9.36 Å². The third-order valence-corrected chi connectivity index (χ3v) is 6.67. The van der Waals surface area contributed by atoms with Gasteiger partial charge in [0.25, 0.3) is 0 Å². The molecule has 1 amide bonds. The molecule has 1 atom stereocenters. The third kappa shape index (κ3) is 3.73. The van der Waals surface area contributed by atoms with E-state index in [1.165, 1.54) is 22.8 Å². The van der Waals surface area contributed by atoms with Crippen LogP contribution in [0.25, 0.3) is 22.0 Å². The maximum absolute atomic E-state index is 14.8. The number of hydrogen-bond donors (Lipinski definition) is 1. The highest BCUT2D eigenvalue weighted by Crippen LogP contribution is 2.47. The van der Waals surface area contributed by atoms with Gasteiger partial charge in [-0.05, 0) is 24.3 Å². The summed E-state index contributed by atoms with van der Waals surface area (Å²) in [6.07, 6.45) is 1.25. The Labute approximate surface area is 203 Å². The number of amides is 1. The predicted molar refractivity (Wildman–Crippen MR) is 127 cm³/mol. The van der Waals surface area contributed by atoms with Crippen LogP contribution in [0.15, 0.2) is 41.7 Å². The van der Waals surface area contributed by atoms with Gasteiger partial charge in [-0.2, -0.15) is 4.98 Å². The Morgan fingerprint density at radius 3 is 2.54 bits per heavy atom. The number of ether oxygens (including phenoxy) is 1. The minimum atomic E-state index is -0.832. The molecule has 8 nitrogen and oxygen atoms in total. The van der Waals surface area contributed by atoms with Crippen molar-refractivity contribution < 1.29 is 23.4 Å². The zero-order chi connectivity index (χ0) is 24.9.